The summed E-state index contributed by atoms with van der Waals surface area (Å²) in [5.41, 5.74) is 5.48. The number of benzene rings is 1. The molecule has 0 aliphatic rings. The molecule has 0 saturated heterocycles. The lowest BCUT2D eigenvalue weighted by molar-refractivity contribution is 0.0828. The molecule has 104 valence electrons. The zero-order chi connectivity index (χ0) is 14.7. The first kappa shape index (κ1) is 12.9. The minimum Gasteiger partial charge on any atom is -0.459 e. The van der Waals surface area contributed by atoms with Crippen molar-refractivity contribution in [1.82, 2.24) is 15.8 Å². The highest BCUT2D eigenvalue weighted by molar-refractivity contribution is 5.98. The van der Waals surface area contributed by atoms with E-state index < -0.39 is 11.8 Å². The molecule has 2 aromatic heterocycles. The molecule has 0 unspecified atom stereocenters. The monoisotopic (exact) mass is 281 g/mol. The number of pyridine rings is 1. The standard InChI is InChI=1S/C15H11N3O3/c19-14(17-18-15(20)13-6-3-9-21-13)12-8-7-10-4-1-2-5-11(10)16-12/h1-9H,(H,17,19)(H,18,20). The lowest BCUT2D eigenvalue weighted by Crippen LogP contribution is -2.41. The van der Waals surface area contributed by atoms with Crippen LogP contribution in [0.1, 0.15) is 21.0 Å². The van der Waals surface area contributed by atoms with E-state index in [0.29, 0.717) is 5.52 Å². The van der Waals surface area contributed by atoms with Crippen LogP contribution in [0.5, 0.6) is 0 Å². The van der Waals surface area contributed by atoms with Gasteiger partial charge in [0.15, 0.2) is 5.76 Å². The van der Waals surface area contributed by atoms with Crippen molar-refractivity contribution in [2.24, 2.45) is 0 Å². The van der Waals surface area contributed by atoms with Crippen LogP contribution in [0.25, 0.3) is 10.9 Å². The molecule has 1 aromatic carbocycles. The molecule has 0 aliphatic heterocycles. The van der Waals surface area contributed by atoms with E-state index in [1.165, 1.54) is 12.3 Å². The molecule has 3 rings (SSSR count). The van der Waals surface area contributed by atoms with Gasteiger partial charge in [0.25, 0.3) is 5.91 Å². The molecule has 0 saturated carbocycles. The van der Waals surface area contributed by atoms with E-state index in [0.717, 1.165) is 5.39 Å². The minimum atomic E-state index is -0.533. The second-order valence-corrected chi connectivity index (χ2v) is 4.27. The van der Waals surface area contributed by atoms with Crippen molar-refractivity contribution in [3.05, 3.63) is 66.2 Å². The predicted octanol–water partition coefficient (Wildman–Crippen LogP) is 1.90. The van der Waals surface area contributed by atoms with Crippen molar-refractivity contribution in [3.63, 3.8) is 0 Å². The van der Waals surface area contributed by atoms with Crippen LogP contribution in [-0.4, -0.2) is 16.8 Å². The molecule has 6 heteroatoms. The lowest BCUT2D eigenvalue weighted by Gasteiger charge is -2.06. The molecule has 2 heterocycles. The largest absolute Gasteiger partial charge is 0.459 e. The van der Waals surface area contributed by atoms with Gasteiger partial charge in [-0.1, -0.05) is 24.3 Å². The highest BCUT2D eigenvalue weighted by Gasteiger charge is 2.12. The average Bonchev–Trinajstić information content (AvgIpc) is 3.06. The zero-order valence-corrected chi connectivity index (χ0v) is 10.9. The Labute approximate surface area is 119 Å². The normalized spacial score (nSPS) is 10.3. The summed E-state index contributed by atoms with van der Waals surface area (Å²) >= 11 is 0. The van der Waals surface area contributed by atoms with E-state index in [9.17, 15) is 9.59 Å². The number of rotatable bonds is 2. The van der Waals surface area contributed by atoms with Gasteiger partial charge in [0.2, 0.25) is 0 Å². The summed E-state index contributed by atoms with van der Waals surface area (Å²) < 4.78 is 4.91. The Balaban J connectivity index is 1.70. The maximum atomic E-state index is 11.9. The maximum absolute atomic E-state index is 11.9. The molecule has 0 radical (unpaired) electrons. The molecule has 0 atom stereocenters. The van der Waals surface area contributed by atoms with Crippen LogP contribution < -0.4 is 10.9 Å². The second-order valence-electron chi connectivity index (χ2n) is 4.27. The van der Waals surface area contributed by atoms with Crippen molar-refractivity contribution in [2.45, 2.75) is 0 Å². The van der Waals surface area contributed by atoms with Gasteiger partial charge < -0.3 is 4.42 Å². The number of para-hydroxylation sites is 1. The number of aromatic nitrogens is 1. The molecule has 6 nitrogen and oxygen atoms in total. The van der Waals surface area contributed by atoms with Crippen molar-refractivity contribution in [2.75, 3.05) is 0 Å². The van der Waals surface area contributed by atoms with Crippen molar-refractivity contribution in [3.8, 4) is 0 Å². The van der Waals surface area contributed by atoms with E-state index in [4.69, 9.17) is 4.42 Å². The molecule has 2 amide bonds. The molecule has 2 N–H and O–H groups in total. The van der Waals surface area contributed by atoms with Crippen LogP contribution in [0.3, 0.4) is 0 Å². The summed E-state index contributed by atoms with van der Waals surface area (Å²) in [4.78, 5) is 27.8. The Morgan fingerprint density at radius 2 is 1.71 bits per heavy atom. The Hall–Kier alpha value is -3.15. The van der Waals surface area contributed by atoms with Gasteiger partial charge >= 0.3 is 5.91 Å². The first-order valence-corrected chi connectivity index (χ1v) is 6.24. The van der Waals surface area contributed by atoms with Gasteiger partial charge in [-0.3, -0.25) is 20.4 Å². The van der Waals surface area contributed by atoms with Gasteiger partial charge in [-0.25, -0.2) is 4.98 Å². The number of amides is 2. The van der Waals surface area contributed by atoms with Crippen molar-refractivity contribution in [1.29, 1.82) is 0 Å². The highest BCUT2D eigenvalue weighted by atomic mass is 16.3. The number of carbonyl (C=O) groups excluding carboxylic acids is 2. The number of hydrazine groups is 1. The Bertz CT molecular complexity index is 797. The third-order valence-electron chi connectivity index (χ3n) is 2.87. The molecule has 0 fully saturated rings. The van der Waals surface area contributed by atoms with Gasteiger partial charge in [-0.2, -0.15) is 0 Å². The van der Waals surface area contributed by atoms with E-state index in [1.54, 1.807) is 18.2 Å². The molecular formula is C15H11N3O3. The third kappa shape index (κ3) is 2.74. The van der Waals surface area contributed by atoms with E-state index in [1.807, 2.05) is 24.3 Å². The van der Waals surface area contributed by atoms with Gasteiger partial charge in [-0.15, -0.1) is 0 Å². The van der Waals surface area contributed by atoms with Crippen LogP contribution >= 0.6 is 0 Å². The summed E-state index contributed by atoms with van der Waals surface area (Å²) in [6.07, 6.45) is 1.38. The smallest absolute Gasteiger partial charge is 0.305 e. The Kier molecular flexibility index (Phi) is 3.34. The minimum absolute atomic E-state index is 0.113. The second kappa shape index (κ2) is 5.46. The van der Waals surface area contributed by atoms with Gasteiger partial charge in [0, 0.05) is 5.39 Å². The molecule has 21 heavy (non-hydrogen) atoms. The maximum Gasteiger partial charge on any atom is 0.305 e. The van der Waals surface area contributed by atoms with E-state index in [-0.39, 0.29) is 11.5 Å². The summed E-state index contributed by atoms with van der Waals surface area (Å²) in [7, 11) is 0. The number of hydrogen-bond acceptors (Lipinski definition) is 4. The first-order valence-electron chi connectivity index (χ1n) is 6.24. The fourth-order valence-electron chi connectivity index (χ4n) is 1.84. The SMILES string of the molecule is O=C(NNC(=O)c1ccco1)c1ccc2ccccc2n1. The molecule has 3 aromatic rings. The number of hydrogen-bond donors (Lipinski definition) is 2. The lowest BCUT2D eigenvalue weighted by atomic mass is 10.2. The predicted molar refractivity (Wildman–Crippen MR) is 75.4 cm³/mol. The summed E-state index contributed by atoms with van der Waals surface area (Å²) in [6, 6.07) is 13.9. The van der Waals surface area contributed by atoms with Crippen LogP contribution in [0.15, 0.2) is 59.2 Å². The summed E-state index contributed by atoms with van der Waals surface area (Å²) in [6.45, 7) is 0. The van der Waals surface area contributed by atoms with Gasteiger partial charge in [0.1, 0.15) is 5.69 Å². The molecule has 0 aliphatic carbocycles. The quantitative estimate of drug-likeness (QED) is 0.703. The summed E-state index contributed by atoms with van der Waals surface area (Å²) in [5, 5.41) is 0.939. The van der Waals surface area contributed by atoms with Crippen LogP contribution in [0.2, 0.25) is 0 Å². The molecule has 0 bridgehead atoms. The van der Waals surface area contributed by atoms with Crippen molar-refractivity contribution >= 4 is 22.7 Å². The van der Waals surface area contributed by atoms with E-state index >= 15 is 0 Å². The Morgan fingerprint density at radius 1 is 0.905 bits per heavy atom. The van der Waals surface area contributed by atoms with Crippen LogP contribution in [-0.2, 0) is 0 Å². The molecular weight excluding hydrogens is 270 g/mol. The fraction of sp³-hybridized carbons (Fsp3) is 0. The average molecular weight is 281 g/mol. The number of nitrogens with one attached hydrogen (secondary N) is 2. The number of carbonyl (C=O) groups is 2. The highest BCUT2D eigenvalue weighted by Crippen LogP contribution is 2.11. The molecule has 0 spiro atoms. The number of furan rings is 1. The fourth-order valence-corrected chi connectivity index (χ4v) is 1.84. The number of nitrogens with zero attached hydrogens (tertiary/aromatic N) is 1. The Morgan fingerprint density at radius 3 is 2.52 bits per heavy atom. The summed E-state index contributed by atoms with van der Waals surface area (Å²) in [5.74, 6) is -0.920. The first-order chi connectivity index (χ1) is 10.2. The third-order valence-corrected chi connectivity index (χ3v) is 2.87. The van der Waals surface area contributed by atoms with Crippen LogP contribution in [0.4, 0.5) is 0 Å². The van der Waals surface area contributed by atoms with Gasteiger partial charge in [-0.05, 0) is 24.3 Å². The number of fused-ring (bicyclic) bond motifs is 1. The zero-order valence-electron chi connectivity index (χ0n) is 10.9. The van der Waals surface area contributed by atoms with Crippen molar-refractivity contribution < 1.29 is 14.0 Å². The van der Waals surface area contributed by atoms with E-state index in [2.05, 4.69) is 15.8 Å². The van der Waals surface area contributed by atoms with Crippen LogP contribution in [0, 0.1) is 0 Å². The topological polar surface area (TPSA) is 84.2 Å². The van der Waals surface area contributed by atoms with Gasteiger partial charge in [0.05, 0.1) is 11.8 Å².